The lowest BCUT2D eigenvalue weighted by Gasteiger charge is -2.03. The van der Waals surface area contributed by atoms with E-state index in [1.165, 1.54) is 0 Å². The van der Waals surface area contributed by atoms with E-state index in [0.29, 0.717) is 5.57 Å². The van der Waals surface area contributed by atoms with Crippen LogP contribution >= 0.6 is 0 Å². The van der Waals surface area contributed by atoms with Crippen molar-refractivity contribution in [1.29, 1.82) is 0 Å². The lowest BCUT2D eigenvalue weighted by Crippen LogP contribution is -2.03. The quantitative estimate of drug-likeness (QED) is 0.682. The third-order valence-corrected chi connectivity index (χ3v) is 2.46. The predicted molar refractivity (Wildman–Crippen MR) is 66.2 cm³/mol. The summed E-state index contributed by atoms with van der Waals surface area (Å²) in [6.07, 6.45) is 11.2. The van der Waals surface area contributed by atoms with Crippen molar-refractivity contribution in [3.8, 4) is 0 Å². The van der Waals surface area contributed by atoms with Crippen LogP contribution in [0.3, 0.4) is 0 Å². The molecule has 1 nitrogen and oxygen atoms in total. The maximum atomic E-state index is 12.1. The van der Waals surface area contributed by atoms with Gasteiger partial charge in [-0.1, -0.05) is 60.2 Å². The topological polar surface area (TPSA) is 17.1 Å². The Morgan fingerprint density at radius 2 is 1.62 bits per heavy atom. The van der Waals surface area contributed by atoms with Gasteiger partial charge in [0.1, 0.15) is 0 Å². The van der Waals surface area contributed by atoms with E-state index in [1.54, 1.807) is 0 Å². The van der Waals surface area contributed by atoms with E-state index in [9.17, 15) is 4.79 Å². The van der Waals surface area contributed by atoms with Gasteiger partial charge in [-0.15, -0.1) is 0 Å². The summed E-state index contributed by atoms with van der Waals surface area (Å²) in [5.41, 5.74) is 2.61. The third kappa shape index (κ3) is 2.37. The molecule has 1 radical (unpaired) electrons. The highest BCUT2D eigenvalue weighted by atomic mass is 16.1. The monoisotopic (exact) mass is 209 g/mol. The second-order valence-electron chi connectivity index (χ2n) is 3.75. The number of carbonyl (C=O) groups excluding carboxylic acids is 1. The van der Waals surface area contributed by atoms with Crippen molar-refractivity contribution in [3.05, 3.63) is 77.8 Å². The molecule has 1 heteroatoms. The fourth-order valence-corrected chi connectivity index (χ4v) is 1.53. The van der Waals surface area contributed by atoms with Gasteiger partial charge < -0.3 is 0 Å². The van der Waals surface area contributed by atoms with E-state index < -0.39 is 0 Å². The van der Waals surface area contributed by atoms with E-state index in [4.69, 9.17) is 0 Å². The highest BCUT2D eigenvalue weighted by Crippen LogP contribution is 2.14. The first-order valence-corrected chi connectivity index (χ1v) is 5.27. The van der Waals surface area contributed by atoms with Crippen LogP contribution in [0.25, 0.3) is 0 Å². The van der Waals surface area contributed by atoms with Crippen molar-refractivity contribution in [2.24, 2.45) is 0 Å². The third-order valence-electron chi connectivity index (χ3n) is 2.46. The summed E-state index contributed by atoms with van der Waals surface area (Å²) in [6.45, 7) is 2.01. The normalized spacial score (nSPS) is 14.4. The molecule has 0 heterocycles. The first-order chi connectivity index (χ1) is 7.77. The Balaban J connectivity index is 2.25. The molecule has 1 aliphatic rings. The Kier molecular flexibility index (Phi) is 3.16. The standard InChI is InChI=1S/C15H13O/c1-12-8-10-14(11-9-12)15(16)13-6-4-2-3-5-7-13/h2-11H,1H3. The van der Waals surface area contributed by atoms with Crippen LogP contribution < -0.4 is 0 Å². The van der Waals surface area contributed by atoms with Crippen molar-refractivity contribution < 1.29 is 4.79 Å². The van der Waals surface area contributed by atoms with Crippen LogP contribution in [0.15, 0.2) is 60.2 Å². The number of aryl methyl sites for hydroxylation is 1. The van der Waals surface area contributed by atoms with Crippen molar-refractivity contribution in [1.82, 2.24) is 0 Å². The molecule has 0 saturated carbocycles. The number of hydrogen-bond donors (Lipinski definition) is 0. The molecule has 0 spiro atoms. The number of rotatable bonds is 2. The Labute approximate surface area is 95.8 Å². The van der Waals surface area contributed by atoms with E-state index >= 15 is 0 Å². The van der Waals surface area contributed by atoms with Crippen LogP contribution in [0.2, 0.25) is 0 Å². The van der Waals surface area contributed by atoms with Gasteiger partial charge in [-0.05, 0) is 6.92 Å². The maximum absolute atomic E-state index is 12.1. The summed E-state index contributed by atoms with van der Waals surface area (Å²) >= 11 is 0. The number of benzene rings is 1. The summed E-state index contributed by atoms with van der Waals surface area (Å²) in [4.78, 5) is 12.1. The van der Waals surface area contributed by atoms with Gasteiger partial charge in [0.25, 0.3) is 0 Å². The Hall–Kier alpha value is -1.89. The fraction of sp³-hybridized carbons (Fsp3) is 0.0667. The molecular weight excluding hydrogens is 196 g/mol. The van der Waals surface area contributed by atoms with E-state index in [1.807, 2.05) is 68.0 Å². The lowest BCUT2D eigenvalue weighted by molar-refractivity contribution is 0.103. The second kappa shape index (κ2) is 4.75. The summed E-state index contributed by atoms with van der Waals surface area (Å²) in [5.74, 6) is 0.0659. The molecule has 0 aromatic heterocycles. The van der Waals surface area contributed by atoms with Gasteiger partial charge in [0.05, 0.1) is 0 Å². The van der Waals surface area contributed by atoms with Crippen LogP contribution in [0.4, 0.5) is 0 Å². The van der Waals surface area contributed by atoms with Crippen molar-refractivity contribution in [3.63, 3.8) is 0 Å². The van der Waals surface area contributed by atoms with Gasteiger partial charge in [-0.25, -0.2) is 0 Å². The van der Waals surface area contributed by atoms with E-state index in [2.05, 4.69) is 0 Å². The Morgan fingerprint density at radius 1 is 0.938 bits per heavy atom. The average molecular weight is 209 g/mol. The molecule has 1 aromatic carbocycles. The van der Waals surface area contributed by atoms with Gasteiger partial charge in [-0.3, -0.25) is 4.79 Å². The first-order valence-electron chi connectivity index (χ1n) is 5.27. The number of Topliss-reactive ketones (excluding diaryl/α,β-unsaturated/α-hetero) is 1. The van der Waals surface area contributed by atoms with Gasteiger partial charge in [0.15, 0.2) is 5.78 Å². The number of carbonyl (C=O) groups is 1. The molecular formula is C15H13O. The molecule has 0 bridgehead atoms. The highest BCUT2D eigenvalue weighted by molar-refractivity contribution is 6.10. The largest absolute Gasteiger partial charge is 0.289 e. The number of allylic oxidation sites excluding steroid dienone is 6. The van der Waals surface area contributed by atoms with Crippen molar-refractivity contribution in [2.75, 3.05) is 0 Å². The van der Waals surface area contributed by atoms with E-state index in [0.717, 1.165) is 11.1 Å². The Morgan fingerprint density at radius 3 is 2.38 bits per heavy atom. The van der Waals surface area contributed by atoms with Gasteiger partial charge in [0.2, 0.25) is 0 Å². The smallest absolute Gasteiger partial charge is 0.189 e. The zero-order chi connectivity index (χ0) is 11.4. The minimum atomic E-state index is 0.0659. The molecule has 2 rings (SSSR count). The van der Waals surface area contributed by atoms with Crippen LogP contribution in [-0.4, -0.2) is 5.78 Å². The van der Waals surface area contributed by atoms with Gasteiger partial charge in [-0.2, -0.15) is 0 Å². The van der Waals surface area contributed by atoms with E-state index in [-0.39, 0.29) is 5.78 Å². The van der Waals surface area contributed by atoms with Gasteiger partial charge >= 0.3 is 0 Å². The van der Waals surface area contributed by atoms with Crippen molar-refractivity contribution in [2.45, 2.75) is 6.92 Å². The molecule has 0 fully saturated rings. The molecule has 0 unspecified atom stereocenters. The van der Waals surface area contributed by atoms with Crippen LogP contribution in [0.5, 0.6) is 0 Å². The SMILES string of the molecule is Cc1ccc(C(=O)C2=CC=CC=C[CH]2)cc1. The van der Waals surface area contributed by atoms with Gasteiger partial charge in [0, 0.05) is 17.6 Å². The first kappa shape index (κ1) is 10.6. The Bertz CT molecular complexity index is 473. The molecule has 1 aliphatic carbocycles. The molecule has 0 atom stereocenters. The van der Waals surface area contributed by atoms with Crippen LogP contribution in [-0.2, 0) is 0 Å². The van der Waals surface area contributed by atoms with Crippen molar-refractivity contribution >= 4 is 5.78 Å². The molecule has 0 amide bonds. The highest BCUT2D eigenvalue weighted by Gasteiger charge is 2.10. The summed E-state index contributed by atoms with van der Waals surface area (Å²) in [7, 11) is 0. The molecule has 1 aromatic rings. The predicted octanol–water partition coefficient (Wildman–Crippen LogP) is 3.43. The zero-order valence-corrected chi connectivity index (χ0v) is 9.18. The summed E-state index contributed by atoms with van der Waals surface area (Å²) in [5, 5.41) is 0. The summed E-state index contributed by atoms with van der Waals surface area (Å²) in [6, 6.07) is 7.64. The minimum Gasteiger partial charge on any atom is -0.289 e. The molecule has 79 valence electrons. The van der Waals surface area contributed by atoms with Crippen LogP contribution in [0.1, 0.15) is 15.9 Å². The minimum absolute atomic E-state index is 0.0659. The lowest BCUT2D eigenvalue weighted by atomic mass is 10.00. The van der Waals surface area contributed by atoms with Crippen LogP contribution in [0, 0.1) is 13.3 Å². The molecule has 0 N–H and O–H groups in total. The zero-order valence-electron chi connectivity index (χ0n) is 9.18. The molecule has 0 aliphatic heterocycles. The summed E-state index contributed by atoms with van der Waals surface area (Å²) < 4.78 is 0. The average Bonchev–Trinajstić information content (AvgIpc) is 2.57. The fourth-order valence-electron chi connectivity index (χ4n) is 1.53. The second-order valence-corrected chi connectivity index (χ2v) is 3.75. The number of ketones is 1. The maximum Gasteiger partial charge on any atom is 0.189 e. The molecule has 0 saturated heterocycles. The molecule has 16 heavy (non-hydrogen) atoms. The number of hydrogen-bond acceptors (Lipinski definition) is 1.